The summed E-state index contributed by atoms with van der Waals surface area (Å²) in [4.78, 5) is 14.0. The predicted octanol–water partition coefficient (Wildman–Crippen LogP) is 3.09. The van der Waals surface area contributed by atoms with Gasteiger partial charge in [0.1, 0.15) is 23.1 Å². The van der Waals surface area contributed by atoms with Crippen LogP contribution in [-0.2, 0) is 15.1 Å². The van der Waals surface area contributed by atoms with E-state index in [2.05, 4.69) is 0 Å². The number of fused-ring (bicyclic) bond motifs is 2. The monoisotopic (exact) mass is 373 g/mol. The fourth-order valence-corrected chi connectivity index (χ4v) is 3.78. The molecule has 144 valence electrons. The summed E-state index contributed by atoms with van der Waals surface area (Å²) < 4.78 is 52.5. The lowest BCUT2D eigenvalue weighted by Crippen LogP contribution is -2.63. The average Bonchev–Trinajstić information content (AvgIpc) is 2.42. The molecule has 2 aliphatic rings. The van der Waals surface area contributed by atoms with E-state index in [1.165, 1.54) is 4.90 Å². The number of piperidine rings is 1. The van der Waals surface area contributed by atoms with Crippen molar-refractivity contribution in [1.29, 1.82) is 0 Å². The van der Waals surface area contributed by atoms with Gasteiger partial charge in [0.05, 0.1) is 36.5 Å². The third-order valence-corrected chi connectivity index (χ3v) is 4.63. The van der Waals surface area contributed by atoms with Crippen LogP contribution in [-0.4, -0.2) is 47.0 Å². The SMILES string of the molecule is CC(C)(C)OC(=O)N1C2COCC1CC(O)(c1c(F)cc(F)cc1F)C2. The normalized spacial score (nSPS) is 28.8. The molecule has 2 unspecified atom stereocenters. The summed E-state index contributed by atoms with van der Waals surface area (Å²) in [5.41, 5.74) is -3.13. The van der Waals surface area contributed by atoms with Gasteiger partial charge in [-0.15, -0.1) is 0 Å². The number of carbonyl (C=O) groups is 1. The van der Waals surface area contributed by atoms with Gasteiger partial charge < -0.3 is 14.6 Å². The second-order valence-electron chi connectivity index (χ2n) is 7.92. The quantitative estimate of drug-likeness (QED) is 0.822. The number of aliphatic hydroxyl groups is 1. The van der Waals surface area contributed by atoms with E-state index < -0.39 is 52.4 Å². The van der Waals surface area contributed by atoms with Gasteiger partial charge in [0.25, 0.3) is 0 Å². The van der Waals surface area contributed by atoms with E-state index in [4.69, 9.17) is 9.47 Å². The van der Waals surface area contributed by atoms with Gasteiger partial charge in [-0.3, -0.25) is 4.90 Å². The Bertz CT molecular complexity index is 682. The second kappa shape index (κ2) is 6.42. The molecule has 2 heterocycles. The van der Waals surface area contributed by atoms with Crippen LogP contribution in [0.4, 0.5) is 18.0 Å². The maximum absolute atomic E-state index is 14.2. The minimum atomic E-state index is -1.86. The summed E-state index contributed by atoms with van der Waals surface area (Å²) in [6, 6.07) is -0.122. The number of rotatable bonds is 1. The van der Waals surface area contributed by atoms with Crippen LogP contribution in [0.5, 0.6) is 0 Å². The Morgan fingerprint density at radius 3 is 2.15 bits per heavy atom. The molecule has 0 radical (unpaired) electrons. The lowest BCUT2D eigenvalue weighted by molar-refractivity contribution is -0.143. The molecule has 1 amide bonds. The minimum Gasteiger partial charge on any atom is -0.444 e. The van der Waals surface area contributed by atoms with Gasteiger partial charge in [-0.2, -0.15) is 0 Å². The Morgan fingerprint density at radius 2 is 1.69 bits per heavy atom. The second-order valence-corrected chi connectivity index (χ2v) is 7.92. The largest absolute Gasteiger partial charge is 0.444 e. The van der Waals surface area contributed by atoms with Crippen LogP contribution < -0.4 is 0 Å². The molecule has 1 aromatic carbocycles. The van der Waals surface area contributed by atoms with Crippen molar-refractivity contribution in [2.24, 2.45) is 0 Å². The van der Waals surface area contributed by atoms with Crippen molar-refractivity contribution in [2.45, 2.75) is 56.9 Å². The molecule has 5 nitrogen and oxygen atoms in total. The molecule has 1 aromatic rings. The maximum atomic E-state index is 14.2. The third kappa shape index (κ3) is 3.53. The topological polar surface area (TPSA) is 59.0 Å². The van der Waals surface area contributed by atoms with Gasteiger partial charge in [-0.1, -0.05) is 0 Å². The number of benzene rings is 1. The lowest BCUT2D eigenvalue weighted by Gasteiger charge is -2.51. The van der Waals surface area contributed by atoms with Crippen molar-refractivity contribution in [3.8, 4) is 0 Å². The van der Waals surface area contributed by atoms with Crippen LogP contribution in [0.15, 0.2) is 12.1 Å². The molecule has 3 rings (SSSR count). The Labute approximate surface area is 149 Å². The molecule has 0 aromatic heterocycles. The summed E-state index contributed by atoms with van der Waals surface area (Å²) in [5, 5.41) is 11.0. The van der Waals surface area contributed by atoms with Crippen molar-refractivity contribution in [3.05, 3.63) is 35.1 Å². The van der Waals surface area contributed by atoms with Gasteiger partial charge >= 0.3 is 6.09 Å². The number of hydrogen-bond donors (Lipinski definition) is 1. The molecule has 1 N–H and O–H groups in total. The zero-order valence-corrected chi connectivity index (χ0v) is 14.9. The molecule has 2 bridgehead atoms. The van der Waals surface area contributed by atoms with Crippen LogP contribution in [0.1, 0.15) is 39.2 Å². The van der Waals surface area contributed by atoms with Crippen molar-refractivity contribution < 1.29 is 32.5 Å². The summed E-state index contributed by atoms with van der Waals surface area (Å²) in [6.45, 7) is 5.44. The fourth-order valence-electron chi connectivity index (χ4n) is 3.78. The summed E-state index contributed by atoms with van der Waals surface area (Å²) >= 11 is 0. The van der Waals surface area contributed by atoms with Gasteiger partial charge in [0.15, 0.2) is 0 Å². The predicted molar refractivity (Wildman–Crippen MR) is 85.9 cm³/mol. The molecule has 0 saturated carbocycles. The molecular formula is C18H22F3NO4. The Kier molecular flexibility index (Phi) is 4.69. The number of carbonyl (C=O) groups excluding carboxylic acids is 1. The molecule has 0 spiro atoms. The molecule has 2 fully saturated rings. The maximum Gasteiger partial charge on any atom is 0.410 e. The Morgan fingerprint density at radius 1 is 1.19 bits per heavy atom. The zero-order valence-electron chi connectivity index (χ0n) is 14.9. The van der Waals surface area contributed by atoms with Crippen LogP contribution in [0.25, 0.3) is 0 Å². The van der Waals surface area contributed by atoms with Crippen molar-refractivity contribution in [3.63, 3.8) is 0 Å². The van der Waals surface area contributed by atoms with E-state index in [9.17, 15) is 23.1 Å². The molecular weight excluding hydrogens is 351 g/mol. The fraction of sp³-hybridized carbons (Fsp3) is 0.611. The summed E-state index contributed by atoms with van der Waals surface area (Å²) in [5.74, 6) is -3.34. The number of morpholine rings is 1. The Balaban J connectivity index is 1.91. The minimum absolute atomic E-state index is 0.114. The highest BCUT2D eigenvalue weighted by Crippen LogP contribution is 2.43. The molecule has 2 aliphatic heterocycles. The molecule has 2 atom stereocenters. The van der Waals surface area contributed by atoms with Crippen LogP contribution >= 0.6 is 0 Å². The first-order chi connectivity index (χ1) is 12.0. The molecule has 26 heavy (non-hydrogen) atoms. The number of hydrogen-bond acceptors (Lipinski definition) is 4. The van der Waals surface area contributed by atoms with E-state index in [0.29, 0.717) is 12.1 Å². The molecule has 2 saturated heterocycles. The number of nitrogens with zero attached hydrogens (tertiary/aromatic N) is 1. The first-order valence-corrected chi connectivity index (χ1v) is 8.47. The van der Waals surface area contributed by atoms with Gasteiger partial charge in [-0.05, 0) is 20.8 Å². The highest BCUT2D eigenvalue weighted by molar-refractivity contribution is 5.69. The van der Waals surface area contributed by atoms with E-state index in [-0.39, 0.29) is 26.1 Å². The van der Waals surface area contributed by atoms with Gasteiger partial charge in [0.2, 0.25) is 0 Å². The van der Waals surface area contributed by atoms with E-state index in [1.54, 1.807) is 20.8 Å². The third-order valence-electron chi connectivity index (χ3n) is 4.63. The van der Waals surface area contributed by atoms with Crippen LogP contribution in [0.2, 0.25) is 0 Å². The lowest BCUT2D eigenvalue weighted by atomic mass is 9.76. The average molecular weight is 373 g/mol. The standard InChI is InChI=1S/C18H22F3NO4/c1-17(2,3)26-16(23)22-11-6-18(24,7-12(22)9-25-8-11)15-13(20)4-10(19)5-14(15)21/h4-5,11-12,24H,6-9H2,1-3H3. The van der Waals surface area contributed by atoms with Crippen molar-refractivity contribution in [2.75, 3.05) is 13.2 Å². The first-order valence-electron chi connectivity index (χ1n) is 8.47. The van der Waals surface area contributed by atoms with Crippen LogP contribution in [0.3, 0.4) is 0 Å². The van der Waals surface area contributed by atoms with Gasteiger partial charge in [0, 0.05) is 25.0 Å². The number of ether oxygens (including phenoxy) is 2. The molecule has 8 heteroatoms. The number of halogens is 3. The van der Waals surface area contributed by atoms with Crippen molar-refractivity contribution >= 4 is 6.09 Å². The number of amides is 1. The zero-order chi connectivity index (χ0) is 19.3. The Hall–Kier alpha value is -1.80. The highest BCUT2D eigenvalue weighted by atomic mass is 19.1. The highest BCUT2D eigenvalue weighted by Gasteiger charge is 2.51. The van der Waals surface area contributed by atoms with Crippen molar-refractivity contribution in [1.82, 2.24) is 4.90 Å². The van der Waals surface area contributed by atoms with E-state index in [0.717, 1.165) is 0 Å². The molecule has 0 aliphatic carbocycles. The smallest absolute Gasteiger partial charge is 0.410 e. The van der Waals surface area contributed by atoms with Gasteiger partial charge in [-0.25, -0.2) is 18.0 Å². The summed E-state index contributed by atoms with van der Waals surface area (Å²) in [7, 11) is 0. The first kappa shape index (κ1) is 19.0. The van der Waals surface area contributed by atoms with E-state index in [1.807, 2.05) is 0 Å². The summed E-state index contributed by atoms with van der Waals surface area (Å²) in [6.07, 6.45) is -0.831. The van der Waals surface area contributed by atoms with E-state index >= 15 is 0 Å². The van der Waals surface area contributed by atoms with Crippen LogP contribution in [0, 0.1) is 17.5 Å².